The molecule has 0 atom stereocenters. The average Bonchev–Trinajstić information content (AvgIpc) is 2.64. The molecule has 4 nitrogen and oxygen atoms in total. The Morgan fingerprint density at radius 2 is 1.11 bits per heavy atom. The van der Waals surface area contributed by atoms with Crippen molar-refractivity contribution in [2.24, 2.45) is 0 Å². The van der Waals surface area contributed by atoms with Gasteiger partial charge in [-0.1, -0.05) is 89.7 Å². The normalized spacial score (nSPS) is 10.7. The molecule has 0 aliphatic rings. The van der Waals surface area contributed by atoms with E-state index in [9.17, 15) is 8.42 Å². The number of benzene rings is 1. The third-order valence-corrected chi connectivity index (χ3v) is 5.41. The van der Waals surface area contributed by atoms with Crippen molar-refractivity contribution in [2.45, 2.75) is 95.3 Å². The molecule has 2 N–H and O–H groups in total. The van der Waals surface area contributed by atoms with E-state index in [0.29, 0.717) is 0 Å². The summed E-state index contributed by atoms with van der Waals surface area (Å²) in [7, 11) is -4.07. The third kappa shape index (κ3) is 17.0. The molecule has 1 rings (SSSR count). The summed E-state index contributed by atoms with van der Waals surface area (Å²) in [4.78, 5) is -0.0269. The van der Waals surface area contributed by atoms with Gasteiger partial charge in [0, 0.05) is 0 Å². The molecule has 0 radical (unpaired) electrons. The van der Waals surface area contributed by atoms with E-state index in [1.165, 1.54) is 82.8 Å². The second-order valence-corrected chi connectivity index (χ2v) is 8.18. The van der Waals surface area contributed by atoms with Crippen LogP contribution in [-0.2, 0) is 16.5 Å². The number of hydrogen-bond acceptors (Lipinski definition) is 3. The van der Waals surface area contributed by atoms with Crippen molar-refractivity contribution in [1.29, 1.82) is 0 Å². The van der Waals surface area contributed by atoms with Gasteiger partial charge in [-0.3, -0.25) is 9.21 Å². The molecule has 1 aromatic carbocycles. The summed E-state index contributed by atoms with van der Waals surface area (Å²) in [6.07, 6.45) is 17.0. The van der Waals surface area contributed by atoms with Crippen molar-refractivity contribution in [2.75, 3.05) is 0 Å². The van der Waals surface area contributed by atoms with Crippen molar-refractivity contribution in [1.82, 2.24) is 0 Å². The maximum absolute atomic E-state index is 11.0. The van der Waals surface area contributed by atoms with Crippen LogP contribution in [0.4, 0.5) is 0 Å². The summed E-state index contributed by atoms with van der Waals surface area (Å²) in [5.41, 5.74) is 1.13. The van der Waals surface area contributed by atoms with Crippen LogP contribution < -0.4 is 0 Å². The molecule has 0 aromatic heterocycles. The summed E-state index contributed by atoms with van der Waals surface area (Å²) in [5.74, 6) is 0. The number of unbranched alkanes of at least 4 members (excludes halogenated alkanes) is 11. The fourth-order valence-corrected chi connectivity index (χ4v) is 3.48. The molecule has 0 aliphatic heterocycles. The fourth-order valence-electron chi connectivity index (χ4n) is 3.00. The van der Waals surface area contributed by atoms with Crippen molar-refractivity contribution >= 4 is 51.5 Å². The molecule has 0 amide bonds. The van der Waals surface area contributed by atoms with E-state index < -0.39 is 10.1 Å². The van der Waals surface area contributed by atoms with Gasteiger partial charge in [-0.05, 0) is 30.5 Å². The van der Waals surface area contributed by atoms with E-state index in [2.05, 4.69) is 18.8 Å². The topological polar surface area (TPSA) is 74.6 Å². The Morgan fingerprint density at radius 3 is 1.48 bits per heavy atom. The molecule has 1 aromatic rings. The third-order valence-electron chi connectivity index (χ3n) is 4.54. The van der Waals surface area contributed by atoms with Crippen LogP contribution in [-0.4, -0.2) is 47.2 Å². The van der Waals surface area contributed by atoms with Gasteiger partial charge in [-0.25, -0.2) is 0 Å². The van der Waals surface area contributed by atoms with Gasteiger partial charge in [0.2, 0.25) is 0 Å². The van der Waals surface area contributed by atoms with Crippen molar-refractivity contribution in [3.63, 3.8) is 0 Å². The molecule has 0 saturated heterocycles. The molecule has 0 spiro atoms. The van der Waals surface area contributed by atoms with Gasteiger partial charge in [0.25, 0.3) is 10.1 Å². The molecule has 27 heavy (non-hydrogen) atoms. The molecular formula is C20H36ClNaO4S. The van der Waals surface area contributed by atoms with Gasteiger partial charge >= 0.3 is 29.6 Å². The Bertz CT molecular complexity index is 535. The Kier molecular flexibility index (Phi) is 21.6. The van der Waals surface area contributed by atoms with Crippen molar-refractivity contribution < 1.29 is 17.6 Å². The van der Waals surface area contributed by atoms with Gasteiger partial charge < -0.3 is 0 Å². The average molecular weight is 431 g/mol. The Balaban J connectivity index is 0. The second-order valence-electron chi connectivity index (χ2n) is 6.76. The van der Waals surface area contributed by atoms with Crippen LogP contribution in [0.3, 0.4) is 0 Å². The van der Waals surface area contributed by atoms with E-state index in [0.717, 1.165) is 18.4 Å². The predicted octanol–water partition coefficient (Wildman–Crippen LogP) is 5.66. The molecule has 0 unspecified atom stereocenters. The molecule has 7 heteroatoms. The standard InChI is InChI=1S/C20H34O3S.ClHO.Na.H/c1-2-3-4-5-6-7-8-9-10-11-12-13-14-19-15-17-20(18-16-19)24(21,22)23;1-2;;/h15-18H,2-14H2,1H3,(H,21,22,23);2H;;. The van der Waals surface area contributed by atoms with Crippen LogP contribution in [0.1, 0.15) is 89.5 Å². The van der Waals surface area contributed by atoms with Gasteiger partial charge in [-0.2, -0.15) is 8.42 Å². The molecular weight excluding hydrogens is 395 g/mol. The van der Waals surface area contributed by atoms with Gasteiger partial charge in [-0.15, -0.1) is 0 Å². The zero-order chi connectivity index (χ0) is 19.7. The minimum absolute atomic E-state index is 0. The van der Waals surface area contributed by atoms with E-state index in [-0.39, 0.29) is 34.5 Å². The van der Waals surface area contributed by atoms with Crippen LogP contribution in [0.25, 0.3) is 0 Å². The Hall–Kier alpha value is 0.380. The summed E-state index contributed by atoms with van der Waals surface area (Å²) in [6, 6.07) is 6.54. The molecule has 0 bridgehead atoms. The molecule has 154 valence electrons. The summed E-state index contributed by atoms with van der Waals surface area (Å²) < 4.78 is 37.4. The van der Waals surface area contributed by atoms with Gasteiger partial charge in [0.15, 0.2) is 0 Å². The summed E-state index contributed by atoms with van der Waals surface area (Å²) >= 11 is 3.64. The van der Waals surface area contributed by atoms with E-state index >= 15 is 0 Å². The van der Waals surface area contributed by atoms with Gasteiger partial charge in [0.1, 0.15) is 0 Å². The maximum atomic E-state index is 11.0. The van der Waals surface area contributed by atoms with Crippen LogP contribution in [0, 0.1) is 0 Å². The van der Waals surface area contributed by atoms with Gasteiger partial charge in [0.05, 0.1) is 16.8 Å². The zero-order valence-corrected chi connectivity index (χ0v) is 17.6. The SMILES string of the molecule is CCCCCCCCCCCCCCc1ccc(S(=O)(=O)O)cc1.OCl.[NaH]. The summed E-state index contributed by atoms with van der Waals surface area (Å²) in [5, 5.41) is 0. The van der Waals surface area contributed by atoms with E-state index in [1.807, 2.05) is 0 Å². The van der Waals surface area contributed by atoms with Crippen molar-refractivity contribution in [3.05, 3.63) is 29.8 Å². The molecule has 0 fully saturated rings. The van der Waals surface area contributed by atoms with Crippen LogP contribution in [0.5, 0.6) is 0 Å². The number of halogens is 1. The first-order valence-electron chi connectivity index (χ1n) is 9.77. The quantitative estimate of drug-likeness (QED) is 0.227. The summed E-state index contributed by atoms with van der Waals surface area (Å²) in [6.45, 7) is 2.26. The first-order valence-corrected chi connectivity index (χ1v) is 11.5. The van der Waals surface area contributed by atoms with Crippen LogP contribution >= 0.6 is 11.9 Å². The molecule has 0 saturated carbocycles. The molecule has 0 aliphatic carbocycles. The number of hydrogen-bond donors (Lipinski definition) is 2. The van der Waals surface area contributed by atoms with Crippen LogP contribution in [0.2, 0.25) is 0 Å². The number of rotatable bonds is 14. The number of aryl methyl sites for hydroxylation is 1. The zero-order valence-electron chi connectivity index (χ0n) is 16.0. The predicted molar refractivity (Wildman–Crippen MR) is 116 cm³/mol. The van der Waals surface area contributed by atoms with E-state index in [4.69, 9.17) is 9.21 Å². The fraction of sp³-hybridized carbons (Fsp3) is 0.700. The Labute approximate surface area is 193 Å². The first-order chi connectivity index (χ1) is 12.5. The van der Waals surface area contributed by atoms with Crippen LogP contribution in [0.15, 0.2) is 29.2 Å². The van der Waals surface area contributed by atoms with E-state index in [1.54, 1.807) is 12.1 Å². The second kappa shape index (κ2) is 19.7. The monoisotopic (exact) mass is 430 g/mol. The Morgan fingerprint density at radius 1 is 0.741 bits per heavy atom. The van der Waals surface area contributed by atoms with Crippen molar-refractivity contribution in [3.8, 4) is 0 Å². The first kappa shape index (κ1) is 29.6. The minimum atomic E-state index is -4.07. The molecule has 0 heterocycles.